The Morgan fingerprint density at radius 1 is 1.00 bits per heavy atom. The van der Waals surface area contributed by atoms with Gasteiger partial charge in [0.15, 0.2) is 0 Å². The lowest BCUT2D eigenvalue weighted by Crippen LogP contribution is -2.50. The second kappa shape index (κ2) is 11.2. The predicted molar refractivity (Wildman–Crippen MR) is 143 cm³/mol. The van der Waals surface area contributed by atoms with E-state index in [9.17, 15) is 9.59 Å². The molecule has 37 heavy (non-hydrogen) atoms. The van der Waals surface area contributed by atoms with E-state index < -0.39 is 11.6 Å². The average molecular weight is 500 g/mol. The maximum atomic E-state index is 14.0. The van der Waals surface area contributed by atoms with Crippen molar-refractivity contribution in [1.82, 2.24) is 25.2 Å². The van der Waals surface area contributed by atoms with Gasteiger partial charge in [-0.15, -0.1) is 5.10 Å². The lowest BCUT2D eigenvalue weighted by atomic mass is 9.98. The zero-order chi connectivity index (χ0) is 26.4. The fourth-order valence-electron chi connectivity index (χ4n) is 4.19. The van der Waals surface area contributed by atoms with E-state index in [1.165, 1.54) is 0 Å². The molecule has 1 N–H and O–H groups in total. The van der Waals surface area contributed by atoms with E-state index in [4.69, 9.17) is 4.74 Å². The molecule has 0 spiro atoms. The Kier molecular flexibility index (Phi) is 7.86. The van der Waals surface area contributed by atoms with Gasteiger partial charge in [0.05, 0.1) is 19.2 Å². The van der Waals surface area contributed by atoms with E-state index in [-0.39, 0.29) is 24.9 Å². The number of rotatable bonds is 10. The molecule has 1 aromatic heterocycles. The quantitative estimate of drug-likeness (QED) is 0.347. The summed E-state index contributed by atoms with van der Waals surface area (Å²) in [6.45, 7) is 6.08. The lowest BCUT2D eigenvalue weighted by Gasteiger charge is -2.35. The summed E-state index contributed by atoms with van der Waals surface area (Å²) in [4.78, 5) is 29.5. The molecular formula is C29H33N5O3. The number of methoxy groups -OCH3 is 1. The first-order valence-corrected chi connectivity index (χ1v) is 12.4. The minimum Gasteiger partial charge on any atom is -0.496 e. The highest BCUT2D eigenvalue weighted by Crippen LogP contribution is 2.28. The zero-order valence-electron chi connectivity index (χ0n) is 21.7. The number of carbonyl (C=O) groups is 2. The molecule has 0 aliphatic heterocycles. The van der Waals surface area contributed by atoms with Crippen LogP contribution in [0.15, 0.2) is 78.9 Å². The monoisotopic (exact) mass is 499 g/mol. The number of aromatic nitrogens is 3. The van der Waals surface area contributed by atoms with Gasteiger partial charge in [-0.3, -0.25) is 9.59 Å². The van der Waals surface area contributed by atoms with Gasteiger partial charge < -0.3 is 15.0 Å². The van der Waals surface area contributed by atoms with Crippen molar-refractivity contribution in [2.75, 3.05) is 7.11 Å². The number of hydrogen-bond acceptors (Lipinski definition) is 5. The van der Waals surface area contributed by atoms with E-state index >= 15 is 0 Å². The molecule has 0 aliphatic rings. The summed E-state index contributed by atoms with van der Waals surface area (Å²) < 4.78 is 7.14. The molecule has 192 valence electrons. The van der Waals surface area contributed by atoms with Gasteiger partial charge in [-0.25, -0.2) is 4.68 Å². The molecule has 4 aromatic rings. The van der Waals surface area contributed by atoms with Crippen LogP contribution >= 0.6 is 0 Å². The molecule has 0 aliphatic carbocycles. The van der Waals surface area contributed by atoms with Gasteiger partial charge in [0.25, 0.3) is 0 Å². The second-order valence-corrected chi connectivity index (χ2v) is 9.61. The molecular weight excluding hydrogens is 466 g/mol. The Balaban J connectivity index is 1.78. The highest BCUT2D eigenvalue weighted by molar-refractivity contribution is 5.89. The van der Waals surface area contributed by atoms with Crippen molar-refractivity contribution in [3.05, 3.63) is 90.0 Å². The van der Waals surface area contributed by atoms with Crippen LogP contribution in [0.25, 0.3) is 11.0 Å². The fraction of sp³-hybridized carbons (Fsp3) is 0.310. The Labute approximate surface area is 217 Å². The van der Waals surface area contributed by atoms with Crippen LogP contribution in [0.2, 0.25) is 0 Å². The molecule has 0 saturated heterocycles. The number of fused-ring (bicyclic) bond motifs is 1. The highest BCUT2D eigenvalue weighted by atomic mass is 16.5. The predicted octanol–water partition coefficient (Wildman–Crippen LogP) is 4.51. The largest absolute Gasteiger partial charge is 0.496 e. The van der Waals surface area contributed by atoms with Crippen molar-refractivity contribution in [3.8, 4) is 5.75 Å². The minimum atomic E-state index is -0.862. The third-order valence-corrected chi connectivity index (χ3v) is 6.58. The van der Waals surface area contributed by atoms with Crippen molar-refractivity contribution < 1.29 is 14.3 Å². The second-order valence-electron chi connectivity index (χ2n) is 9.61. The highest BCUT2D eigenvalue weighted by Gasteiger charge is 2.34. The van der Waals surface area contributed by atoms with Gasteiger partial charge in [0.1, 0.15) is 23.9 Å². The number of benzene rings is 3. The standard InChI is InChI=1S/C29H33N5O3/c1-5-29(2,3)30-28(36)27(21-13-7-6-8-14-21)33(19-22-15-9-12-18-25(22)37-4)26(35)20-34-24-17-11-10-16-23(24)31-32-34/h6-18,27H,5,19-20H2,1-4H3,(H,30,36)/t27-/m1/s1. The Hall–Kier alpha value is -4.20. The molecule has 1 atom stereocenters. The summed E-state index contributed by atoms with van der Waals surface area (Å²) in [5.74, 6) is 0.136. The fourth-order valence-corrected chi connectivity index (χ4v) is 4.19. The first-order valence-electron chi connectivity index (χ1n) is 12.4. The van der Waals surface area contributed by atoms with Crippen LogP contribution in [-0.2, 0) is 22.7 Å². The van der Waals surface area contributed by atoms with Crippen LogP contribution < -0.4 is 10.1 Å². The van der Waals surface area contributed by atoms with Gasteiger partial charge in [-0.2, -0.15) is 0 Å². The molecule has 0 bridgehead atoms. The van der Waals surface area contributed by atoms with Crippen LogP contribution in [-0.4, -0.2) is 44.4 Å². The van der Waals surface area contributed by atoms with Crippen molar-refractivity contribution in [2.45, 2.75) is 51.9 Å². The van der Waals surface area contributed by atoms with Crippen molar-refractivity contribution in [1.29, 1.82) is 0 Å². The number of para-hydroxylation sites is 2. The van der Waals surface area contributed by atoms with E-state index in [1.54, 1.807) is 16.7 Å². The summed E-state index contributed by atoms with van der Waals surface area (Å²) in [6, 6.07) is 23.5. The molecule has 8 heteroatoms. The van der Waals surface area contributed by atoms with E-state index in [2.05, 4.69) is 15.6 Å². The minimum absolute atomic E-state index is 0.0660. The van der Waals surface area contributed by atoms with E-state index in [1.807, 2.05) is 99.6 Å². The summed E-state index contributed by atoms with van der Waals surface area (Å²) in [5, 5.41) is 11.5. The molecule has 0 saturated carbocycles. The molecule has 0 unspecified atom stereocenters. The summed E-state index contributed by atoms with van der Waals surface area (Å²) >= 11 is 0. The Morgan fingerprint density at radius 2 is 1.68 bits per heavy atom. The first kappa shape index (κ1) is 25.9. The number of amides is 2. The summed E-state index contributed by atoms with van der Waals surface area (Å²) in [7, 11) is 1.59. The van der Waals surface area contributed by atoms with Crippen LogP contribution in [0.1, 0.15) is 44.4 Å². The first-order chi connectivity index (χ1) is 17.8. The maximum Gasteiger partial charge on any atom is 0.247 e. The SMILES string of the molecule is CCC(C)(C)NC(=O)[C@@H](c1ccccc1)N(Cc1ccccc1OC)C(=O)Cn1nnc2ccccc21. The number of hydrogen-bond donors (Lipinski definition) is 1. The topological polar surface area (TPSA) is 89.4 Å². The lowest BCUT2D eigenvalue weighted by molar-refractivity contribution is -0.143. The Bertz CT molecular complexity index is 1370. The molecule has 2 amide bonds. The van der Waals surface area contributed by atoms with E-state index in [0.29, 0.717) is 11.3 Å². The van der Waals surface area contributed by atoms with Crippen molar-refractivity contribution in [2.24, 2.45) is 0 Å². The van der Waals surface area contributed by atoms with Crippen LogP contribution in [0.4, 0.5) is 0 Å². The number of nitrogens with one attached hydrogen (secondary N) is 1. The molecule has 3 aromatic carbocycles. The molecule has 0 radical (unpaired) electrons. The van der Waals surface area contributed by atoms with Crippen LogP contribution in [0, 0.1) is 0 Å². The maximum absolute atomic E-state index is 14.0. The molecule has 0 fully saturated rings. The third-order valence-electron chi connectivity index (χ3n) is 6.58. The van der Waals surface area contributed by atoms with Gasteiger partial charge >= 0.3 is 0 Å². The van der Waals surface area contributed by atoms with Gasteiger partial charge in [0, 0.05) is 11.1 Å². The van der Waals surface area contributed by atoms with Gasteiger partial charge in [0.2, 0.25) is 11.8 Å². The van der Waals surface area contributed by atoms with Gasteiger partial charge in [-0.05, 0) is 44.0 Å². The number of nitrogens with zero attached hydrogens (tertiary/aromatic N) is 4. The van der Waals surface area contributed by atoms with E-state index in [0.717, 1.165) is 23.1 Å². The van der Waals surface area contributed by atoms with Gasteiger partial charge in [-0.1, -0.05) is 72.8 Å². The average Bonchev–Trinajstić information content (AvgIpc) is 3.31. The summed E-state index contributed by atoms with van der Waals surface area (Å²) in [6.07, 6.45) is 0.742. The van der Waals surface area contributed by atoms with Crippen LogP contribution in [0.5, 0.6) is 5.75 Å². The zero-order valence-corrected chi connectivity index (χ0v) is 21.7. The van der Waals surface area contributed by atoms with Crippen LogP contribution in [0.3, 0.4) is 0 Å². The Morgan fingerprint density at radius 3 is 2.41 bits per heavy atom. The smallest absolute Gasteiger partial charge is 0.247 e. The van der Waals surface area contributed by atoms with Crippen molar-refractivity contribution >= 4 is 22.8 Å². The summed E-state index contributed by atoms with van der Waals surface area (Å²) in [5.41, 5.74) is 2.53. The third kappa shape index (κ3) is 5.97. The number of carbonyl (C=O) groups excluding carboxylic acids is 2. The molecule has 4 rings (SSSR count). The van der Waals surface area contributed by atoms with Crippen molar-refractivity contribution in [3.63, 3.8) is 0 Å². The molecule has 1 heterocycles. The molecule has 8 nitrogen and oxygen atoms in total. The normalized spacial score (nSPS) is 12.2. The number of ether oxygens (including phenoxy) is 1.